The summed E-state index contributed by atoms with van der Waals surface area (Å²) in [4.78, 5) is 30.5. The Bertz CT molecular complexity index is 1250. The number of hydrogen-bond acceptors (Lipinski definition) is 5. The number of fused-ring (bicyclic) bond motifs is 1. The van der Waals surface area contributed by atoms with Gasteiger partial charge in [-0.25, -0.2) is 4.98 Å². The number of carbonyl (C=O) groups excluding carboxylic acids is 2. The van der Waals surface area contributed by atoms with Crippen molar-refractivity contribution in [3.05, 3.63) is 56.4 Å². The Hall–Kier alpha value is -2.33. The van der Waals surface area contributed by atoms with Crippen LogP contribution < -0.4 is 20.3 Å². The van der Waals surface area contributed by atoms with Crippen molar-refractivity contribution < 1.29 is 14.3 Å². The fraction of sp³-hybridized carbons (Fsp3) is 0.348. The number of ether oxygens (including phenoxy) is 1. The lowest BCUT2D eigenvalue weighted by molar-refractivity contribution is -0.124. The van der Waals surface area contributed by atoms with Gasteiger partial charge in [-0.1, -0.05) is 23.2 Å². The Balaban J connectivity index is 1.44. The first-order chi connectivity index (χ1) is 16.3. The van der Waals surface area contributed by atoms with E-state index in [0.29, 0.717) is 38.7 Å². The highest BCUT2D eigenvalue weighted by Gasteiger charge is 2.22. The van der Waals surface area contributed by atoms with Gasteiger partial charge in [0, 0.05) is 29.9 Å². The van der Waals surface area contributed by atoms with Crippen LogP contribution in [0.3, 0.4) is 0 Å². The van der Waals surface area contributed by atoms with Gasteiger partial charge in [0.2, 0.25) is 11.8 Å². The smallest absolute Gasteiger partial charge is 0.246 e. The zero-order valence-electron chi connectivity index (χ0n) is 18.7. The highest BCUT2D eigenvalue weighted by atomic mass is 79.9. The molecule has 11 heteroatoms. The molecule has 34 heavy (non-hydrogen) atoms. The fourth-order valence-corrected chi connectivity index (χ4v) is 4.36. The number of carbonyl (C=O) groups is 2. The van der Waals surface area contributed by atoms with E-state index in [0.717, 1.165) is 23.1 Å². The van der Waals surface area contributed by atoms with Crippen LogP contribution in [-0.2, 0) is 16.2 Å². The van der Waals surface area contributed by atoms with Crippen molar-refractivity contribution in [1.29, 1.82) is 0 Å². The van der Waals surface area contributed by atoms with Crippen molar-refractivity contribution in [3.8, 4) is 5.75 Å². The van der Waals surface area contributed by atoms with E-state index in [1.54, 1.807) is 19.2 Å². The number of imidazole rings is 1. The molecule has 4 rings (SSSR count). The number of nitrogens with zero attached hydrogens (tertiary/aromatic N) is 3. The number of pyridine rings is 1. The maximum absolute atomic E-state index is 12.7. The Morgan fingerprint density at radius 1 is 1.26 bits per heavy atom. The zero-order valence-corrected chi connectivity index (χ0v) is 21.8. The summed E-state index contributed by atoms with van der Waals surface area (Å²) in [6, 6.07) is 7.42. The van der Waals surface area contributed by atoms with Crippen molar-refractivity contribution in [1.82, 2.24) is 20.0 Å². The predicted molar refractivity (Wildman–Crippen MR) is 136 cm³/mol. The largest absolute Gasteiger partial charge is 0.485 e. The van der Waals surface area contributed by atoms with Gasteiger partial charge in [0.15, 0.2) is 11.4 Å². The minimum absolute atomic E-state index is 0.0836. The van der Waals surface area contributed by atoms with Gasteiger partial charge in [-0.15, -0.1) is 0 Å². The van der Waals surface area contributed by atoms with E-state index >= 15 is 0 Å². The second kappa shape index (κ2) is 10.5. The van der Waals surface area contributed by atoms with Gasteiger partial charge in [0.25, 0.3) is 0 Å². The molecule has 2 heterocycles. The highest BCUT2D eigenvalue weighted by Crippen LogP contribution is 2.35. The number of likely N-dealkylation sites (N-methyl/N-ethyl adjacent to an activating group) is 1. The van der Waals surface area contributed by atoms with Crippen LogP contribution in [0.1, 0.15) is 24.1 Å². The van der Waals surface area contributed by atoms with Gasteiger partial charge < -0.3 is 20.3 Å². The van der Waals surface area contributed by atoms with E-state index in [2.05, 4.69) is 31.5 Å². The zero-order chi connectivity index (χ0) is 24.4. The molecule has 1 aromatic carbocycles. The van der Waals surface area contributed by atoms with E-state index in [-0.39, 0.29) is 31.5 Å². The van der Waals surface area contributed by atoms with Gasteiger partial charge in [0.1, 0.15) is 11.2 Å². The maximum Gasteiger partial charge on any atom is 0.246 e. The third kappa shape index (κ3) is 5.49. The van der Waals surface area contributed by atoms with E-state index < -0.39 is 0 Å². The van der Waals surface area contributed by atoms with E-state index in [1.807, 2.05) is 29.7 Å². The Labute approximate surface area is 215 Å². The topological polar surface area (TPSA) is 88.0 Å². The van der Waals surface area contributed by atoms with Crippen molar-refractivity contribution in [3.63, 3.8) is 0 Å². The van der Waals surface area contributed by atoms with E-state index in [1.165, 1.54) is 4.90 Å². The van der Waals surface area contributed by atoms with E-state index in [4.69, 9.17) is 27.9 Å². The molecule has 2 aromatic heterocycles. The molecule has 1 aliphatic rings. The Morgan fingerprint density at radius 2 is 2.03 bits per heavy atom. The predicted octanol–water partition coefficient (Wildman–Crippen LogP) is 4.12. The first-order valence-corrected chi connectivity index (χ1v) is 12.3. The number of rotatable bonds is 9. The van der Waals surface area contributed by atoms with E-state index in [9.17, 15) is 9.59 Å². The number of hydrogen-bond donors (Lipinski definition) is 2. The molecule has 0 spiro atoms. The van der Waals surface area contributed by atoms with Gasteiger partial charge >= 0.3 is 0 Å². The number of aromatic nitrogens is 2. The first-order valence-electron chi connectivity index (χ1n) is 10.8. The molecule has 0 atom stereocenters. The summed E-state index contributed by atoms with van der Waals surface area (Å²) in [5.74, 6) is 0.0408. The molecule has 0 radical (unpaired) electrons. The lowest BCUT2D eigenvalue weighted by atomic mass is 10.2. The summed E-state index contributed by atoms with van der Waals surface area (Å²) in [5.41, 5.74) is 2.51. The van der Waals surface area contributed by atoms with Crippen LogP contribution in [-0.4, -0.2) is 47.4 Å². The summed E-state index contributed by atoms with van der Waals surface area (Å²) in [7, 11) is 1.60. The third-order valence-corrected chi connectivity index (χ3v) is 7.29. The molecular formula is C23H24BrCl2N5O3. The monoisotopic (exact) mass is 567 g/mol. The van der Waals surface area contributed by atoms with Crippen molar-refractivity contribution >= 4 is 62.3 Å². The van der Waals surface area contributed by atoms with Gasteiger partial charge in [-0.3, -0.25) is 14.0 Å². The molecule has 0 aliphatic heterocycles. The standard InChI is InChI=1S/C23H24BrCl2N5O3/c1-13-22(24)31-9-3-4-18(23(31)29-13)34-12-15-16(25)7-8-17(21(15)26)30(2)20(33)11-28-19(32)10-27-14-5-6-14/h3-4,7-9,14,27H,5-6,10-12H2,1-2H3,(H,28,32). The molecule has 2 N–H and O–H groups in total. The minimum atomic E-state index is -0.307. The maximum atomic E-state index is 12.7. The Kier molecular flexibility index (Phi) is 7.67. The van der Waals surface area contributed by atoms with Crippen molar-refractivity contribution in [2.45, 2.75) is 32.4 Å². The van der Waals surface area contributed by atoms with Gasteiger partial charge in [0.05, 0.1) is 29.5 Å². The van der Waals surface area contributed by atoms with Gasteiger partial charge in [-0.05, 0) is 60.0 Å². The average molecular weight is 569 g/mol. The minimum Gasteiger partial charge on any atom is -0.485 e. The summed E-state index contributed by atoms with van der Waals surface area (Å²) in [6.45, 7) is 2.05. The SMILES string of the molecule is Cc1nc2c(OCc3c(Cl)ccc(N(C)C(=O)CNC(=O)CNC4CC4)c3Cl)cccn2c1Br. The van der Waals surface area contributed by atoms with Crippen molar-refractivity contribution in [2.24, 2.45) is 0 Å². The van der Waals surface area contributed by atoms with Gasteiger partial charge in [-0.2, -0.15) is 0 Å². The summed E-state index contributed by atoms with van der Waals surface area (Å²) >= 11 is 16.6. The first kappa shape index (κ1) is 24.8. The normalized spacial score (nSPS) is 13.2. The average Bonchev–Trinajstić information content (AvgIpc) is 3.60. The number of nitrogens with one attached hydrogen (secondary N) is 2. The molecular weight excluding hydrogens is 545 g/mol. The Morgan fingerprint density at radius 3 is 2.76 bits per heavy atom. The van der Waals surface area contributed by atoms with Crippen molar-refractivity contribution in [2.75, 3.05) is 25.0 Å². The highest BCUT2D eigenvalue weighted by molar-refractivity contribution is 9.10. The number of aryl methyl sites for hydroxylation is 1. The quantitative estimate of drug-likeness (QED) is 0.405. The third-order valence-electron chi connectivity index (χ3n) is 5.55. The molecule has 1 aliphatic carbocycles. The number of amides is 2. The molecule has 0 bridgehead atoms. The lowest BCUT2D eigenvalue weighted by Crippen LogP contribution is -2.42. The molecule has 0 saturated heterocycles. The van der Waals surface area contributed by atoms with Crippen LogP contribution in [0.5, 0.6) is 5.75 Å². The summed E-state index contributed by atoms with van der Waals surface area (Å²) in [5, 5.41) is 6.47. The molecule has 1 saturated carbocycles. The lowest BCUT2D eigenvalue weighted by Gasteiger charge is -2.21. The second-order valence-electron chi connectivity index (χ2n) is 8.09. The summed E-state index contributed by atoms with van der Waals surface area (Å²) < 4.78 is 8.75. The van der Waals surface area contributed by atoms with Crippen LogP contribution in [0.25, 0.3) is 5.65 Å². The molecule has 180 valence electrons. The molecule has 8 nitrogen and oxygen atoms in total. The number of anilines is 1. The molecule has 0 unspecified atom stereocenters. The molecule has 2 amide bonds. The summed E-state index contributed by atoms with van der Waals surface area (Å²) in [6.07, 6.45) is 4.06. The number of benzene rings is 1. The van der Waals surface area contributed by atoms with Crippen LogP contribution >= 0.6 is 39.1 Å². The number of halogens is 3. The second-order valence-corrected chi connectivity index (χ2v) is 9.62. The van der Waals surface area contributed by atoms with Crippen LogP contribution in [0.15, 0.2) is 35.1 Å². The van der Waals surface area contributed by atoms with Crippen LogP contribution in [0.2, 0.25) is 10.0 Å². The van der Waals surface area contributed by atoms with Crippen LogP contribution in [0, 0.1) is 6.92 Å². The molecule has 1 fully saturated rings. The molecule has 3 aromatic rings. The fourth-order valence-electron chi connectivity index (χ4n) is 3.38. The van der Waals surface area contributed by atoms with Crippen LogP contribution in [0.4, 0.5) is 5.69 Å².